The molecule has 1 fully saturated rings. The Hall–Kier alpha value is -1.20. The molecule has 0 amide bonds. The maximum atomic E-state index is 9.04. The molecule has 3 heteroatoms. The monoisotopic (exact) mass is 249 g/mol. The summed E-state index contributed by atoms with van der Waals surface area (Å²) in [6.45, 7) is 2.25. The van der Waals surface area contributed by atoms with Crippen LogP contribution >= 0.6 is 11.6 Å². The summed E-state index contributed by atoms with van der Waals surface area (Å²) in [4.78, 5) is 0. The summed E-state index contributed by atoms with van der Waals surface area (Å²) in [6, 6.07) is 7.34. The van der Waals surface area contributed by atoms with E-state index in [0.717, 1.165) is 12.8 Å². The molecule has 1 aliphatic rings. The van der Waals surface area contributed by atoms with Crippen molar-refractivity contribution in [1.82, 2.24) is 0 Å². The molecule has 2 unspecified atom stereocenters. The van der Waals surface area contributed by atoms with Gasteiger partial charge in [-0.3, -0.25) is 0 Å². The van der Waals surface area contributed by atoms with E-state index in [1.165, 1.54) is 12.8 Å². The molecule has 0 aliphatic heterocycles. The number of halogens is 1. The average molecular weight is 250 g/mol. The molecule has 0 N–H and O–H groups in total. The van der Waals surface area contributed by atoms with Crippen LogP contribution in [0.4, 0.5) is 0 Å². The number of ether oxygens (including phenoxy) is 1. The van der Waals surface area contributed by atoms with Crippen LogP contribution in [0.15, 0.2) is 18.2 Å². The van der Waals surface area contributed by atoms with Crippen LogP contribution in [0.25, 0.3) is 0 Å². The summed E-state index contributed by atoms with van der Waals surface area (Å²) >= 11 is 5.85. The van der Waals surface area contributed by atoms with E-state index < -0.39 is 0 Å². The minimum absolute atomic E-state index is 0.243. The molecule has 2 nitrogen and oxygen atoms in total. The third-order valence-electron chi connectivity index (χ3n) is 3.24. The standard InChI is InChI=1S/C14H16ClNO/c1-10-3-2-4-13(7-10)17-14-6-5-12(15)8-11(14)9-16/h5-6,8,10,13H,2-4,7H2,1H3. The molecule has 0 heterocycles. The van der Waals surface area contributed by atoms with E-state index >= 15 is 0 Å². The Bertz CT molecular complexity index is 438. The van der Waals surface area contributed by atoms with Gasteiger partial charge in [0.25, 0.3) is 0 Å². The van der Waals surface area contributed by atoms with Gasteiger partial charge in [0.15, 0.2) is 0 Å². The van der Waals surface area contributed by atoms with E-state index in [0.29, 0.717) is 22.3 Å². The molecule has 2 atom stereocenters. The lowest BCUT2D eigenvalue weighted by Gasteiger charge is -2.27. The molecule has 0 radical (unpaired) electrons. The van der Waals surface area contributed by atoms with Crippen LogP contribution in [0.5, 0.6) is 5.75 Å². The molecule has 0 spiro atoms. The van der Waals surface area contributed by atoms with Gasteiger partial charge in [-0.2, -0.15) is 5.26 Å². The number of nitrogens with zero attached hydrogens (tertiary/aromatic N) is 1. The van der Waals surface area contributed by atoms with E-state index in [2.05, 4.69) is 13.0 Å². The number of hydrogen-bond donors (Lipinski definition) is 0. The summed E-state index contributed by atoms with van der Waals surface area (Å²) in [7, 11) is 0. The van der Waals surface area contributed by atoms with Gasteiger partial charge < -0.3 is 4.74 Å². The van der Waals surface area contributed by atoms with E-state index in [-0.39, 0.29) is 6.10 Å². The molecule has 90 valence electrons. The van der Waals surface area contributed by atoms with Gasteiger partial charge in [-0.1, -0.05) is 24.9 Å². The van der Waals surface area contributed by atoms with Crippen LogP contribution in [-0.4, -0.2) is 6.10 Å². The van der Waals surface area contributed by atoms with Crippen LogP contribution in [-0.2, 0) is 0 Å². The third kappa shape index (κ3) is 3.14. The fraction of sp³-hybridized carbons (Fsp3) is 0.500. The highest BCUT2D eigenvalue weighted by molar-refractivity contribution is 6.30. The molecule has 1 aromatic carbocycles. The van der Waals surface area contributed by atoms with Crippen molar-refractivity contribution in [3.63, 3.8) is 0 Å². The fourth-order valence-corrected chi connectivity index (χ4v) is 2.53. The molecule has 0 bridgehead atoms. The largest absolute Gasteiger partial charge is 0.489 e. The van der Waals surface area contributed by atoms with E-state index in [1.807, 2.05) is 0 Å². The molecule has 0 saturated heterocycles. The van der Waals surface area contributed by atoms with Gasteiger partial charge in [0.05, 0.1) is 11.7 Å². The molecule has 1 aromatic rings. The summed E-state index contributed by atoms with van der Waals surface area (Å²) in [6.07, 6.45) is 4.89. The predicted octanol–water partition coefficient (Wildman–Crippen LogP) is 4.17. The zero-order valence-electron chi connectivity index (χ0n) is 9.95. The predicted molar refractivity (Wildman–Crippen MR) is 68.2 cm³/mol. The van der Waals surface area contributed by atoms with Crippen molar-refractivity contribution in [2.24, 2.45) is 5.92 Å². The van der Waals surface area contributed by atoms with Gasteiger partial charge in [-0.15, -0.1) is 0 Å². The van der Waals surface area contributed by atoms with E-state index in [9.17, 15) is 0 Å². The van der Waals surface area contributed by atoms with E-state index in [4.69, 9.17) is 21.6 Å². The Morgan fingerprint density at radius 1 is 1.41 bits per heavy atom. The number of hydrogen-bond acceptors (Lipinski definition) is 2. The summed E-state index contributed by atoms with van der Waals surface area (Å²) in [5, 5.41) is 9.61. The second kappa shape index (κ2) is 5.42. The highest BCUT2D eigenvalue weighted by Crippen LogP contribution is 2.29. The molecule has 17 heavy (non-hydrogen) atoms. The first-order chi connectivity index (χ1) is 8.19. The lowest BCUT2D eigenvalue weighted by Crippen LogP contribution is -2.24. The average Bonchev–Trinajstić information content (AvgIpc) is 2.31. The molecule has 1 saturated carbocycles. The zero-order valence-corrected chi connectivity index (χ0v) is 10.7. The van der Waals surface area contributed by atoms with Gasteiger partial charge in [0, 0.05) is 5.02 Å². The first-order valence-corrected chi connectivity index (χ1v) is 6.43. The molecule has 2 rings (SSSR count). The van der Waals surface area contributed by atoms with Crippen LogP contribution in [0.3, 0.4) is 0 Å². The number of benzene rings is 1. The van der Waals surface area contributed by atoms with Crippen molar-refractivity contribution < 1.29 is 4.74 Å². The quantitative estimate of drug-likeness (QED) is 0.788. The van der Waals surface area contributed by atoms with Gasteiger partial charge in [0.1, 0.15) is 11.8 Å². The third-order valence-corrected chi connectivity index (χ3v) is 3.48. The Balaban J connectivity index is 2.10. The molecule has 1 aliphatic carbocycles. The first kappa shape index (κ1) is 12.3. The Morgan fingerprint density at radius 3 is 2.94 bits per heavy atom. The van der Waals surface area contributed by atoms with Crippen LogP contribution < -0.4 is 4.74 Å². The zero-order chi connectivity index (χ0) is 12.3. The highest BCUT2D eigenvalue weighted by Gasteiger charge is 2.21. The second-order valence-corrected chi connectivity index (χ2v) is 5.20. The van der Waals surface area contributed by atoms with Crippen molar-refractivity contribution in [1.29, 1.82) is 5.26 Å². The topological polar surface area (TPSA) is 33.0 Å². The van der Waals surface area contributed by atoms with Gasteiger partial charge in [-0.25, -0.2) is 0 Å². The minimum atomic E-state index is 0.243. The lowest BCUT2D eigenvalue weighted by atomic mass is 9.88. The van der Waals surface area contributed by atoms with Crippen molar-refractivity contribution in [3.05, 3.63) is 28.8 Å². The molecule has 0 aromatic heterocycles. The number of nitriles is 1. The van der Waals surface area contributed by atoms with Crippen molar-refractivity contribution in [3.8, 4) is 11.8 Å². The Kier molecular flexibility index (Phi) is 3.91. The minimum Gasteiger partial charge on any atom is -0.489 e. The van der Waals surface area contributed by atoms with Crippen molar-refractivity contribution in [2.45, 2.75) is 38.7 Å². The highest BCUT2D eigenvalue weighted by atomic mass is 35.5. The van der Waals surface area contributed by atoms with Crippen molar-refractivity contribution >= 4 is 11.6 Å². The molecular formula is C14H16ClNO. The summed E-state index contributed by atoms with van der Waals surface area (Å²) < 4.78 is 5.92. The summed E-state index contributed by atoms with van der Waals surface area (Å²) in [5.41, 5.74) is 0.524. The smallest absolute Gasteiger partial charge is 0.137 e. The van der Waals surface area contributed by atoms with Gasteiger partial charge in [-0.05, 0) is 43.4 Å². The van der Waals surface area contributed by atoms with Gasteiger partial charge in [0.2, 0.25) is 0 Å². The molecular weight excluding hydrogens is 234 g/mol. The fourth-order valence-electron chi connectivity index (χ4n) is 2.36. The maximum absolute atomic E-state index is 9.04. The SMILES string of the molecule is CC1CCCC(Oc2ccc(Cl)cc2C#N)C1. The number of rotatable bonds is 2. The van der Waals surface area contributed by atoms with E-state index in [1.54, 1.807) is 18.2 Å². The Labute approximate surface area is 107 Å². The summed E-state index contributed by atoms with van der Waals surface area (Å²) in [5.74, 6) is 1.38. The Morgan fingerprint density at radius 2 is 2.24 bits per heavy atom. The van der Waals surface area contributed by atoms with Gasteiger partial charge >= 0.3 is 0 Å². The first-order valence-electron chi connectivity index (χ1n) is 6.05. The van der Waals surface area contributed by atoms with Crippen LogP contribution in [0.2, 0.25) is 5.02 Å². The lowest BCUT2D eigenvalue weighted by molar-refractivity contribution is 0.129. The maximum Gasteiger partial charge on any atom is 0.137 e. The normalized spacial score (nSPS) is 24.1. The van der Waals surface area contributed by atoms with Crippen molar-refractivity contribution in [2.75, 3.05) is 0 Å². The second-order valence-electron chi connectivity index (χ2n) is 4.76. The van der Waals surface area contributed by atoms with Crippen LogP contribution in [0.1, 0.15) is 38.2 Å². The van der Waals surface area contributed by atoms with Crippen LogP contribution in [0, 0.1) is 17.2 Å².